The van der Waals surface area contributed by atoms with Gasteiger partial charge in [-0.1, -0.05) is 35.3 Å². The molecule has 0 atom stereocenters. The van der Waals surface area contributed by atoms with Crippen LogP contribution in [0.25, 0.3) is 0 Å². The minimum atomic E-state index is -0.854. The molecule has 0 spiro atoms. The average molecular weight is 411 g/mol. The van der Waals surface area contributed by atoms with Crippen molar-refractivity contribution < 1.29 is 24.0 Å². The number of hydrogen-bond acceptors (Lipinski definition) is 6. The van der Waals surface area contributed by atoms with E-state index in [1.54, 1.807) is 0 Å². The molecule has 27 heavy (non-hydrogen) atoms. The number of esters is 1. The van der Waals surface area contributed by atoms with E-state index in [-0.39, 0.29) is 21.8 Å². The number of benzene rings is 2. The summed E-state index contributed by atoms with van der Waals surface area (Å²) < 4.78 is 4.77. The molecule has 0 aliphatic rings. The molecule has 10 heteroatoms. The summed E-state index contributed by atoms with van der Waals surface area (Å²) in [6.07, 6.45) is 0. The van der Waals surface area contributed by atoms with E-state index in [9.17, 15) is 24.5 Å². The van der Waals surface area contributed by atoms with Crippen LogP contribution in [0, 0.1) is 10.1 Å². The summed E-state index contributed by atoms with van der Waals surface area (Å²) in [6.45, 7) is -1.10. The molecule has 2 aromatic carbocycles. The van der Waals surface area contributed by atoms with Gasteiger partial charge < -0.3 is 10.1 Å². The van der Waals surface area contributed by atoms with Gasteiger partial charge in [0.05, 0.1) is 15.5 Å². The summed E-state index contributed by atoms with van der Waals surface area (Å²) in [4.78, 5) is 45.6. The number of hydrogen-bond donors (Lipinski definition) is 1. The van der Waals surface area contributed by atoms with Crippen LogP contribution >= 0.6 is 23.2 Å². The van der Waals surface area contributed by atoms with Gasteiger partial charge in [0.15, 0.2) is 6.61 Å². The molecule has 8 nitrogen and oxygen atoms in total. The molecule has 2 aromatic rings. The van der Waals surface area contributed by atoms with Gasteiger partial charge in [-0.2, -0.15) is 0 Å². The summed E-state index contributed by atoms with van der Waals surface area (Å²) in [5, 5.41) is 13.5. The lowest BCUT2D eigenvalue weighted by Crippen LogP contribution is -2.31. The van der Waals surface area contributed by atoms with Crippen LogP contribution in [0.3, 0.4) is 0 Å². The van der Waals surface area contributed by atoms with Crippen LogP contribution < -0.4 is 5.32 Å². The van der Waals surface area contributed by atoms with E-state index in [2.05, 4.69) is 5.32 Å². The molecular weight excluding hydrogens is 399 g/mol. The Morgan fingerprint density at radius 1 is 1.11 bits per heavy atom. The molecule has 0 bridgehead atoms. The number of non-ortho nitro benzene ring substituents is 1. The fourth-order valence-electron chi connectivity index (χ4n) is 1.99. The molecule has 0 aliphatic carbocycles. The number of nitrogens with zero attached hydrogens (tertiary/aromatic N) is 1. The van der Waals surface area contributed by atoms with Gasteiger partial charge in [-0.3, -0.25) is 24.5 Å². The van der Waals surface area contributed by atoms with Crippen molar-refractivity contribution in [3.63, 3.8) is 0 Å². The standard InChI is InChI=1S/C17H12Cl2N2O6/c18-11-4-5-13(14(19)7-11)17(24)20-8-16(23)27-9-15(22)10-2-1-3-12(6-10)21(25)26/h1-7H,8-9H2,(H,20,24). The van der Waals surface area contributed by atoms with Gasteiger partial charge in [-0.05, 0) is 18.2 Å². The van der Waals surface area contributed by atoms with Crippen LogP contribution in [0.15, 0.2) is 42.5 Å². The Kier molecular flexibility index (Phi) is 6.86. The highest BCUT2D eigenvalue weighted by molar-refractivity contribution is 6.36. The number of ketones is 1. The third-order valence-electron chi connectivity index (χ3n) is 3.31. The molecule has 140 valence electrons. The third-order valence-corrected chi connectivity index (χ3v) is 3.86. The highest BCUT2D eigenvalue weighted by Crippen LogP contribution is 2.20. The Bertz CT molecular complexity index is 916. The van der Waals surface area contributed by atoms with Crippen molar-refractivity contribution >= 4 is 46.5 Å². The summed E-state index contributed by atoms with van der Waals surface area (Å²) in [5.74, 6) is -2.08. The second kappa shape index (κ2) is 9.11. The summed E-state index contributed by atoms with van der Waals surface area (Å²) in [6, 6.07) is 9.29. The summed E-state index contributed by atoms with van der Waals surface area (Å²) in [7, 11) is 0. The SMILES string of the molecule is O=C(CNC(=O)c1ccc(Cl)cc1Cl)OCC(=O)c1cccc([N+](=O)[O-])c1. The number of nitro groups is 1. The van der Waals surface area contributed by atoms with Crippen LogP contribution in [0.2, 0.25) is 10.0 Å². The normalized spacial score (nSPS) is 10.1. The van der Waals surface area contributed by atoms with Gasteiger partial charge >= 0.3 is 5.97 Å². The maximum atomic E-state index is 12.0. The van der Waals surface area contributed by atoms with Crippen molar-refractivity contribution in [3.05, 3.63) is 73.8 Å². The molecule has 0 fully saturated rings. The largest absolute Gasteiger partial charge is 0.456 e. The van der Waals surface area contributed by atoms with Crippen LogP contribution in [0.1, 0.15) is 20.7 Å². The molecular formula is C17H12Cl2N2O6. The maximum absolute atomic E-state index is 12.0. The van der Waals surface area contributed by atoms with Crippen molar-refractivity contribution in [2.24, 2.45) is 0 Å². The number of carbonyl (C=O) groups excluding carboxylic acids is 3. The highest BCUT2D eigenvalue weighted by Gasteiger charge is 2.15. The Morgan fingerprint density at radius 2 is 1.85 bits per heavy atom. The monoisotopic (exact) mass is 410 g/mol. The van der Waals surface area contributed by atoms with E-state index in [0.29, 0.717) is 5.02 Å². The topological polar surface area (TPSA) is 116 Å². The van der Waals surface area contributed by atoms with E-state index in [4.69, 9.17) is 27.9 Å². The Labute approximate surface area is 163 Å². The molecule has 0 aromatic heterocycles. The Morgan fingerprint density at radius 3 is 2.52 bits per heavy atom. The number of nitrogens with one attached hydrogen (secondary N) is 1. The number of carbonyl (C=O) groups is 3. The first-order valence-corrected chi connectivity index (χ1v) is 8.20. The van der Waals surface area contributed by atoms with Crippen LogP contribution in [0.4, 0.5) is 5.69 Å². The van der Waals surface area contributed by atoms with Gasteiger partial charge in [0.25, 0.3) is 11.6 Å². The highest BCUT2D eigenvalue weighted by atomic mass is 35.5. The quantitative estimate of drug-likeness (QED) is 0.324. The molecule has 0 unspecified atom stereocenters. The molecule has 1 N–H and O–H groups in total. The molecule has 0 saturated heterocycles. The number of rotatable bonds is 7. The van der Waals surface area contributed by atoms with Gasteiger partial charge in [-0.15, -0.1) is 0 Å². The third kappa shape index (κ3) is 5.77. The van der Waals surface area contributed by atoms with Crippen molar-refractivity contribution in [1.29, 1.82) is 0 Å². The second-order valence-corrected chi connectivity index (χ2v) is 6.04. The summed E-state index contributed by atoms with van der Waals surface area (Å²) in [5.41, 5.74) is -0.0881. The predicted molar refractivity (Wildman–Crippen MR) is 97.2 cm³/mol. The van der Waals surface area contributed by atoms with E-state index in [1.807, 2.05) is 0 Å². The molecule has 0 aliphatic heterocycles. The van der Waals surface area contributed by atoms with E-state index >= 15 is 0 Å². The molecule has 0 radical (unpaired) electrons. The Balaban J connectivity index is 1.85. The molecule has 0 heterocycles. The zero-order valence-electron chi connectivity index (χ0n) is 13.6. The molecule has 1 amide bonds. The van der Waals surface area contributed by atoms with Crippen LogP contribution in [-0.2, 0) is 9.53 Å². The van der Waals surface area contributed by atoms with Crippen LogP contribution in [0.5, 0.6) is 0 Å². The fourth-order valence-corrected chi connectivity index (χ4v) is 2.49. The van der Waals surface area contributed by atoms with Gasteiger partial charge in [0.2, 0.25) is 5.78 Å². The Hall–Kier alpha value is -2.97. The average Bonchev–Trinajstić information content (AvgIpc) is 2.64. The first-order chi connectivity index (χ1) is 12.8. The zero-order valence-corrected chi connectivity index (χ0v) is 15.1. The van der Waals surface area contributed by atoms with Crippen molar-refractivity contribution in [2.75, 3.05) is 13.2 Å². The van der Waals surface area contributed by atoms with E-state index in [0.717, 1.165) is 6.07 Å². The number of nitro benzene ring substituents is 1. The van der Waals surface area contributed by atoms with E-state index < -0.39 is 35.7 Å². The maximum Gasteiger partial charge on any atom is 0.325 e. The minimum Gasteiger partial charge on any atom is -0.456 e. The van der Waals surface area contributed by atoms with E-state index in [1.165, 1.54) is 36.4 Å². The number of Topliss-reactive ketones (excluding diaryl/α,β-unsaturated/α-hetero) is 1. The van der Waals surface area contributed by atoms with Gasteiger partial charge in [-0.25, -0.2) is 0 Å². The second-order valence-electron chi connectivity index (χ2n) is 5.20. The fraction of sp³-hybridized carbons (Fsp3) is 0.118. The van der Waals surface area contributed by atoms with Crippen molar-refractivity contribution in [2.45, 2.75) is 0 Å². The van der Waals surface area contributed by atoms with Gasteiger partial charge in [0.1, 0.15) is 6.54 Å². The predicted octanol–water partition coefficient (Wildman–Crippen LogP) is 3.06. The first-order valence-electron chi connectivity index (χ1n) is 7.44. The lowest BCUT2D eigenvalue weighted by Gasteiger charge is -2.07. The van der Waals surface area contributed by atoms with Crippen molar-refractivity contribution in [1.82, 2.24) is 5.32 Å². The molecule has 2 rings (SSSR count). The van der Waals surface area contributed by atoms with Gasteiger partial charge in [0, 0.05) is 22.7 Å². The minimum absolute atomic E-state index is 0.0361. The first kappa shape index (κ1) is 20.3. The molecule has 0 saturated carbocycles. The number of amides is 1. The number of halogens is 2. The van der Waals surface area contributed by atoms with Crippen LogP contribution in [-0.4, -0.2) is 35.7 Å². The smallest absolute Gasteiger partial charge is 0.325 e. The van der Waals surface area contributed by atoms with Crippen molar-refractivity contribution in [3.8, 4) is 0 Å². The zero-order chi connectivity index (χ0) is 20.0. The lowest BCUT2D eigenvalue weighted by atomic mass is 10.1. The summed E-state index contributed by atoms with van der Waals surface area (Å²) >= 11 is 11.6. The number of ether oxygens (including phenoxy) is 1. The lowest BCUT2D eigenvalue weighted by molar-refractivity contribution is -0.384.